The third-order valence-electron chi connectivity index (χ3n) is 5.88. The lowest BCUT2D eigenvalue weighted by molar-refractivity contribution is -0.160. The van der Waals surface area contributed by atoms with Crippen LogP contribution >= 0.6 is 0 Å². The van der Waals surface area contributed by atoms with E-state index in [1.54, 1.807) is 30.5 Å². The second-order valence-electron chi connectivity index (χ2n) is 8.46. The minimum Gasteiger partial charge on any atom is -0.481 e. The molecular formula is C24H21F3N4O3. The van der Waals surface area contributed by atoms with E-state index in [9.17, 15) is 27.9 Å². The minimum absolute atomic E-state index is 0.124. The zero-order chi connectivity index (χ0) is 24.5. The van der Waals surface area contributed by atoms with E-state index in [2.05, 4.69) is 20.5 Å². The normalized spacial score (nSPS) is 17.8. The predicted octanol–water partition coefficient (Wildman–Crippen LogP) is 5.13. The molecular weight excluding hydrogens is 449 g/mol. The number of nitrogens with one attached hydrogen (secondary N) is 1. The zero-order valence-electron chi connectivity index (χ0n) is 18.2. The van der Waals surface area contributed by atoms with E-state index in [4.69, 9.17) is 0 Å². The molecule has 2 N–H and O–H groups in total. The van der Waals surface area contributed by atoms with E-state index in [0.29, 0.717) is 22.6 Å². The van der Waals surface area contributed by atoms with Gasteiger partial charge in [0.1, 0.15) is 0 Å². The number of ketones is 1. The van der Waals surface area contributed by atoms with Crippen LogP contribution in [-0.4, -0.2) is 38.2 Å². The molecule has 1 aliphatic carbocycles. The fraction of sp³-hybridized carbons (Fsp3) is 0.292. The van der Waals surface area contributed by atoms with Gasteiger partial charge in [-0.3, -0.25) is 14.6 Å². The predicted molar refractivity (Wildman–Crippen MR) is 118 cm³/mol. The SMILES string of the molecule is Cc1ccc(Nc2ccc(-c3ccc4c(c3)CCC(CC(=O)O)(CC(F)(F)F)C4=O)nn2)cn1. The summed E-state index contributed by atoms with van der Waals surface area (Å²) < 4.78 is 39.6. The first-order chi connectivity index (χ1) is 16.0. The largest absolute Gasteiger partial charge is 0.481 e. The third kappa shape index (κ3) is 5.05. The summed E-state index contributed by atoms with van der Waals surface area (Å²) in [5, 5.41) is 20.6. The number of benzene rings is 1. The minimum atomic E-state index is -4.65. The number of nitrogens with zero attached hydrogens (tertiary/aromatic N) is 3. The molecule has 0 saturated heterocycles. The molecule has 10 heteroatoms. The highest BCUT2D eigenvalue weighted by Crippen LogP contribution is 2.46. The van der Waals surface area contributed by atoms with Gasteiger partial charge in [-0.2, -0.15) is 13.2 Å². The van der Waals surface area contributed by atoms with Crippen LogP contribution in [0.1, 0.15) is 40.9 Å². The Hall–Kier alpha value is -3.82. The number of aliphatic carboxylic acids is 1. The lowest BCUT2D eigenvalue weighted by Gasteiger charge is -2.36. The van der Waals surface area contributed by atoms with Gasteiger partial charge in [-0.05, 0) is 55.7 Å². The number of pyridine rings is 1. The second kappa shape index (κ2) is 8.85. The molecule has 4 rings (SSSR count). The van der Waals surface area contributed by atoms with Gasteiger partial charge in [-0.1, -0.05) is 12.1 Å². The van der Waals surface area contributed by atoms with Crippen LogP contribution in [0.15, 0.2) is 48.7 Å². The van der Waals surface area contributed by atoms with Crippen LogP contribution in [-0.2, 0) is 11.2 Å². The van der Waals surface area contributed by atoms with Gasteiger partial charge in [0.15, 0.2) is 11.6 Å². The van der Waals surface area contributed by atoms with Crippen LogP contribution in [0, 0.1) is 12.3 Å². The first-order valence-electron chi connectivity index (χ1n) is 10.5. The second-order valence-corrected chi connectivity index (χ2v) is 8.46. The summed E-state index contributed by atoms with van der Waals surface area (Å²) in [5.41, 5.74) is 1.53. The number of carbonyl (C=O) groups is 2. The molecule has 2 heterocycles. The number of fused-ring (bicyclic) bond motifs is 1. The van der Waals surface area contributed by atoms with Crippen molar-refractivity contribution >= 4 is 23.3 Å². The first-order valence-corrected chi connectivity index (χ1v) is 10.5. The van der Waals surface area contributed by atoms with Crippen molar-refractivity contribution in [3.05, 3.63) is 65.5 Å². The molecule has 0 spiro atoms. The van der Waals surface area contributed by atoms with E-state index in [1.807, 2.05) is 19.1 Å². The number of Topliss-reactive ketones (excluding diaryl/α,β-unsaturated/α-hetero) is 1. The molecule has 2 aromatic heterocycles. The summed E-state index contributed by atoms with van der Waals surface area (Å²) >= 11 is 0. The Labute approximate surface area is 193 Å². The van der Waals surface area contributed by atoms with E-state index in [-0.39, 0.29) is 18.4 Å². The van der Waals surface area contributed by atoms with Gasteiger partial charge in [0.25, 0.3) is 0 Å². The molecule has 1 unspecified atom stereocenters. The molecule has 0 saturated carbocycles. The standard InChI is InChI=1S/C24H21F3N4O3/c1-14-2-4-17(12-28-14)29-20-7-6-19(30-31-20)16-3-5-18-15(10-16)8-9-23(22(18)34,11-21(32)33)13-24(25,26)27/h2-7,10,12H,8-9,11,13H2,1H3,(H,29,31)(H,32,33). The van der Waals surface area contributed by atoms with E-state index < -0.39 is 36.2 Å². The van der Waals surface area contributed by atoms with Gasteiger partial charge in [-0.15, -0.1) is 10.2 Å². The summed E-state index contributed by atoms with van der Waals surface area (Å²) in [6.07, 6.45) is -5.32. The van der Waals surface area contributed by atoms with Crippen molar-refractivity contribution in [2.45, 2.75) is 38.8 Å². The summed E-state index contributed by atoms with van der Waals surface area (Å²) in [7, 11) is 0. The van der Waals surface area contributed by atoms with Crippen LogP contribution in [0.5, 0.6) is 0 Å². The van der Waals surface area contributed by atoms with Gasteiger partial charge in [0.2, 0.25) is 0 Å². The Bertz CT molecular complexity index is 1230. The number of carboxylic acid groups (broad SMARTS) is 1. The summed E-state index contributed by atoms with van der Waals surface area (Å²) in [5.74, 6) is -1.70. The summed E-state index contributed by atoms with van der Waals surface area (Å²) in [4.78, 5) is 28.5. The fourth-order valence-electron chi connectivity index (χ4n) is 4.27. The Morgan fingerprint density at radius 3 is 2.56 bits per heavy atom. The molecule has 1 aromatic carbocycles. The maximum absolute atomic E-state index is 13.2. The fourth-order valence-corrected chi connectivity index (χ4v) is 4.27. The molecule has 176 valence electrons. The molecule has 0 aliphatic heterocycles. The number of alkyl halides is 3. The number of halogens is 3. The maximum atomic E-state index is 13.2. The number of carbonyl (C=O) groups excluding carboxylic acids is 1. The van der Waals surface area contributed by atoms with Crippen molar-refractivity contribution in [3.63, 3.8) is 0 Å². The lowest BCUT2D eigenvalue weighted by atomic mass is 9.66. The monoisotopic (exact) mass is 470 g/mol. The molecule has 1 atom stereocenters. The number of carboxylic acids is 1. The molecule has 7 nitrogen and oxygen atoms in total. The van der Waals surface area contributed by atoms with Gasteiger partial charge < -0.3 is 10.4 Å². The van der Waals surface area contributed by atoms with Crippen molar-refractivity contribution < 1.29 is 27.9 Å². The van der Waals surface area contributed by atoms with E-state index in [1.165, 1.54) is 6.07 Å². The van der Waals surface area contributed by atoms with Crippen LogP contribution in [0.25, 0.3) is 11.3 Å². The van der Waals surface area contributed by atoms with Gasteiger partial charge in [-0.25, -0.2) is 0 Å². The van der Waals surface area contributed by atoms with E-state index in [0.717, 1.165) is 11.4 Å². The number of rotatable bonds is 6. The summed E-state index contributed by atoms with van der Waals surface area (Å²) in [6, 6.07) is 11.9. The average Bonchev–Trinajstić information content (AvgIpc) is 2.77. The molecule has 0 radical (unpaired) electrons. The average molecular weight is 470 g/mol. The highest BCUT2D eigenvalue weighted by Gasteiger charge is 2.50. The van der Waals surface area contributed by atoms with Crippen LogP contribution in [0.2, 0.25) is 0 Å². The smallest absolute Gasteiger partial charge is 0.390 e. The molecule has 0 bridgehead atoms. The van der Waals surface area contributed by atoms with Crippen molar-refractivity contribution in [2.75, 3.05) is 5.32 Å². The maximum Gasteiger partial charge on any atom is 0.390 e. The van der Waals surface area contributed by atoms with Gasteiger partial charge >= 0.3 is 12.1 Å². The Morgan fingerprint density at radius 1 is 1.15 bits per heavy atom. The highest BCUT2D eigenvalue weighted by molar-refractivity contribution is 6.04. The first kappa shape index (κ1) is 23.3. The number of hydrogen-bond acceptors (Lipinski definition) is 6. The number of hydrogen-bond donors (Lipinski definition) is 2. The Kier molecular flexibility index (Phi) is 6.07. The Morgan fingerprint density at radius 2 is 1.94 bits per heavy atom. The Balaban J connectivity index is 1.57. The van der Waals surface area contributed by atoms with Crippen LogP contribution in [0.3, 0.4) is 0 Å². The topological polar surface area (TPSA) is 105 Å². The zero-order valence-corrected chi connectivity index (χ0v) is 18.2. The third-order valence-corrected chi connectivity index (χ3v) is 5.88. The highest BCUT2D eigenvalue weighted by atomic mass is 19.4. The molecule has 3 aromatic rings. The number of aryl methyl sites for hydroxylation is 2. The van der Waals surface area contributed by atoms with Crippen molar-refractivity contribution in [2.24, 2.45) is 5.41 Å². The molecule has 0 fully saturated rings. The molecule has 0 amide bonds. The molecule has 1 aliphatic rings. The van der Waals surface area contributed by atoms with Gasteiger partial charge in [0.05, 0.1) is 35.8 Å². The van der Waals surface area contributed by atoms with E-state index >= 15 is 0 Å². The quantitative estimate of drug-likeness (QED) is 0.514. The van der Waals surface area contributed by atoms with Crippen molar-refractivity contribution in [1.29, 1.82) is 0 Å². The number of aromatic nitrogens is 3. The van der Waals surface area contributed by atoms with Crippen LogP contribution < -0.4 is 5.32 Å². The van der Waals surface area contributed by atoms with Gasteiger partial charge in [0, 0.05) is 16.8 Å². The van der Waals surface area contributed by atoms with Crippen molar-refractivity contribution in [3.8, 4) is 11.3 Å². The molecule has 34 heavy (non-hydrogen) atoms. The van der Waals surface area contributed by atoms with Crippen molar-refractivity contribution in [1.82, 2.24) is 15.2 Å². The summed E-state index contributed by atoms with van der Waals surface area (Å²) in [6.45, 7) is 1.88. The lowest BCUT2D eigenvalue weighted by Crippen LogP contribution is -2.41. The van der Waals surface area contributed by atoms with Crippen LogP contribution in [0.4, 0.5) is 24.7 Å². The number of anilines is 2.